The summed E-state index contributed by atoms with van der Waals surface area (Å²) in [6.07, 6.45) is 0. The van der Waals surface area contributed by atoms with Gasteiger partial charge in [-0.2, -0.15) is 0 Å². The molecule has 3 heterocycles. The summed E-state index contributed by atoms with van der Waals surface area (Å²) >= 11 is 0. The van der Waals surface area contributed by atoms with Crippen LogP contribution in [0.2, 0.25) is 0 Å². The van der Waals surface area contributed by atoms with Gasteiger partial charge in [0.2, 0.25) is 5.69 Å². The molecule has 8 aromatic carbocycles. The number of rotatable bonds is 4. The van der Waals surface area contributed by atoms with Crippen LogP contribution in [0.25, 0.3) is 98.5 Å². The lowest BCUT2D eigenvalue weighted by molar-refractivity contribution is 1.17. The van der Waals surface area contributed by atoms with Gasteiger partial charge in [0.1, 0.15) is 0 Å². The first-order valence-corrected chi connectivity index (χ1v) is 17.9. The minimum Gasteiger partial charge on any atom is -0.319 e. The van der Waals surface area contributed by atoms with E-state index in [1.54, 1.807) is 0 Å². The fraction of sp³-hybridized carbons (Fsp3) is 0. The van der Waals surface area contributed by atoms with E-state index in [4.69, 9.17) is 6.57 Å². The van der Waals surface area contributed by atoms with Crippen molar-refractivity contribution in [2.45, 2.75) is 0 Å². The maximum atomic E-state index is 8.12. The quantitative estimate of drug-likeness (QED) is 0.166. The molecule has 53 heavy (non-hydrogen) atoms. The Balaban J connectivity index is 1.21. The van der Waals surface area contributed by atoms with Gasteiger partial charge < -0.3 is 13.7 Å². The van der Waals surface area contributed by atoms with Gasteiger partial charge in [-0.3, -0.25) is 0 Å². The zero-order valence-electron chi connectivity index (χ0n) is 28.6. The number of para-hydroxylation sites is 6. The predicted octanol–water partition coefficient (Wildman–Crippen LogP) is 13.2. The molecule has 4 nitrogen and oxygen atoms in total. The van der Waals surface area contributed by atoms with Gasteiger partial charge in [-0.05, 0) is 77.7 Å². The van der Waals surface area contributed by atoms with E-state index in [1.165, 1.54) is 38.1 Å². The summed E-state index contributed by atoms with van der Waals surface area (Å²) < 4.78 is 7.06. The average Bonchev–Trinajstić information content (AvgIpc) is 3.87. The van der Waals surface area contributed by atoms with Crippen molar-refractivity contribution < 1.29 is 0 Å². The first-order valence-electron chi connectivity index (χ1n) is 17.9. The second kappa shape index (κ2) is 11.3. The van der Waals surface area contributed by atoms with Crippen molar-refractivity contribution in [3.63, 3.8) is 0 Å². The Hall–Kier alpha value is -7.35. The normalized spacial score (nSPS) is 11.8. The van der Waals surface area contributed by atoms with Crippen molar-refractivity contribution in [2.75, 3.05) is 0 Å². The van der Waals surface area contributed by atoms with Crippen molar-refractivity contribution >= 4 is 71.1 Å². The number of hydrogen-bond acceptors (Lipinski definition) is 0. The lowest BCUT2D eigenvalue weighted by Crippen LogP contribution is -1.97. The molecule has 0 fully saturated rings. The fourth-order valence-electron chi connectivity index (χ4n) is 8.70. The van der Waals surface area contributed by atoms with Crippen LogP contribution in [0.15, 0.2) is 182 Å². The molecule has 0 radical (unpaired) electrons. The number of hydrogen-bond donors (Lipinski definition) is 0. The molecule has 0 N–H and O–H groups in total. The molecule has 0 spiro atoms. The largest absolute Gasteiger partial charge is 0.319 e. The fourth-order valence-corrected chi connectivity index (χ4v) is 8.70. The molecule has 246 valence electrons. The molecule has 0 saturated heterocycles. The summed E-state index contributed by atoms with van der Waals surface area (Å²) in [5.74, 6) is 0. The summed E-state index contributed by atoms with van der Waals surface area (Å²) in [5.41, 5.74) is 13.0. The summed E-state index contributed by atoms with van der Waals surface area (Å²) in [6.45, 7) is 8.12. The summed E-state index contributed by atoms with van der Waals surface area (Å²) in [6, 6.07) is 64.8. The van der Waals surface area contributed by atoms with Crippen LogP contribution < -0.4 is 0 Å². The Morgan fingerprint density at radius 2 is 0.925 bits per heavy atom. The Kier molecular flexibility index (Phi) is 6.28. The average molecular weight is 675 g/mol. The molecule has 0 aliphatic heterocycles. The monoisotopic (exact) mass is 674 g/mol. The molecule has 0 atom stereocenters. The van der Waals surface area contributed by atoms with Crippen LogP contribution in [0.4, 0.5) is 5.69 Å². The molecule has 0 amide bonds. The molecular weight excluding hydrogens is 645 g/mol. The Morgan fingerprint density at radius 1 is 0.377 bits per heavy atom. The van der Waals surface area contributed by atoms with Crippen molar-refractivity contribution in [3.8, 4) is 28.2 Å². The Bertz CT molecular complexity index is 3280. The number of fused-ring (bicyclic) bond motifs is 10. The van der Waals surface area contributed by atoms with Gasteiger partial charge in [0.15, 0.2) is 0 Å². The SMILES string of the molecule is [C-]#[N+]c1cccc2c3c4c5ccccc5n(-c5ccccc5-c5ccc6c(c5)c5ccccc5n6-c5ccccc5)c4ccc3n(-c3ccccc3)c12. The maximum absolute atomic E-state index is 8.12. The van der Waals surface area contributed by atoms with E-state index in [1.807, 2.05) is 18.2 Å². The second-order valence-electron chi connectivity index (χ2n) is 13.6. The third kappa shape index (κ3) is 4.16. The van der Waals surface area contributed by atoms with Crippen LogP contribution >= 0.6 is 0 Å². The van der Waals surface area contributed by atoms with Crippen LogP contribution in [0.5, 0.6) is 0 Å². The van der Waals surface area contributed by atoms with Crippen LogP contribution in [0.1, 0.15) is 0 Å². The summed E-state index contributed by atoms with van der Waals surface area (Å²) in [5, 5.41) is 7.08. The van der Waals surface area contributed by atoms with Gasteiger partial charge in [0.25, 0.3) is 0 Å². The van der Waals surface area contributed by atoms with E-state index in [0.717, 1.165) is 55.5 Å². The second-order valence-corrected chi connectivity index (χ2v) is 13.6. The molecule has 11 aromatic rings. The van der Waals surface area contributed by atoms with E-state index in [-0.39, 0.29) is 0 Å². The Morgan fingerprint density at radius 3 is 1.68 bits per heavy atom. The highest BCUT2D eigenvalue weighted by Crippen LogP contribution is 2.45. The topological polar surface area (TPSA) is 19.1 Å². The van der Waals surface area contributed by atoms with E-state index >= 15 is 0 Å². The van der Waals surface area contributed by atoms with E-state index in [9.17, 15) is 0 Å². The highest BCUT2D eigenvalue weighted by molar-refractivity contribution is 6.30. The smallest absolute Gasteiger partial charge is 0.211 e. The molecule has 4 heteroatoms. The standard InChI is InChI=1S/C49H30N4/c1-50-40-23-14-22-38-48-45(52(49(38)40)34-17-6-3-7-18-34)29-30-46-47(48)37-21-10-13-26-43(37)53(46)41-24-11-8-19-35(41)32-27-28-44-39(31-32)36-20-9-12-25-42(36)51(44)33-15-4-2-5-16-33/h2-31H. The highest BCUT2D eigenvalue weighted by atomic mass is 15.0. The molecule has 0 bridgehead atoms. The lowest BCUT2D eigenvalue weighted by atomic mass is 10.0. The van der Waals surface area contributed by atoms with Crippen molar-refractivity contribution in [1.29, 1.82) is 0 Å². The molecule has 3 aromatic heterocycles. The van der Waals surface area contributed by atoms with Gasteiger partial charge in [-0.15, -0.1) is 0 Å². The van der Waals surface area contributed by atoms with Crippen LogP contribution in [0, 0.1) is 6.57 Å². The zero-order chi connectivity index (χ0) is 35.0. The first-order chi connectivity index (χ1) is 26.3. The Labute approximate surface area is 305 Å². The number of aromatic nitrogens is 3. The van der Waals surface area contributed by atoms with Crippen molar-refractivity contribution in [3.05, 3.63) is 193 Å². The summed E-state index contributed by atoms with van der Waals surface area (Å²) in [4.78, 5) is 4.00. The first kappa shape index (κ1) is 29.4. The van der Waals surface area contributed by atoms with E-state index in [2.05, 4.69) is 182 Å². The van der Waals surface area contributed by atoms with Crippen molar-refractivity contribution in [1.82, 2.24) is 13.7 Å². The van der Waals surface area contributed by atoms with Gasteiger partial charge in [-0.1, -0.05) is 115 Å². The minimum atomic E-state index is 0.647. The molecule has 0 aliphatic rings. The molecular formula is C49H30N4. The van der Waals surface area contributed by atoms with Gasteiger partial charge in [0, 0.05) is 43.9 Å². The molecule has 0 aliphatic carbocycles. The lowest BCUT2D eigenvalue weighted by Gasteiger charge is -2.15. The maximum Gasteiger partial charge on any atom is 0.211 e. The molecule has 0 saturated carbocycles. The minimum absolute atomic E-state index is 0.647. The number of nitrogens with zero attached hydrogens (tertiary/aromatic N) is 4. The third-order valence-electron chi connectivity index (χ3n) is 10.8. The highest BCUT2D eigenvalue weighted by Gasteiger charge is 2.23. The zero-order valence-corrected chi connectivity index (χ0v) is 28.6. The van der Waals surface area contributed by atoms with Gasteiger partial charge in [-0.25, -0.2) is 4.85 Å². The van der Waals surface area contributed by atoms with E-state index in [0.29, 0.717) is 5.69 Å². The van der Waals surface area contributed by atoms with Crippen LogP contribution in [0.3, 0.4) is 0 Å². The summed E-state index contributed by atoms with van der Waals surface area (Å²) in [7, 11) is 0. The van der Waals surface area contributed by atoms with E-state index < -0.39 is 0 Å². The van der Waals surface area contributed by atoms with Gasteiger partial charge >= 0.3 is 0 Å². The van der Waals surface area contributed by atoms with Crippen LogP contribution in [-0.4, -0.2) is 13.7 Å². The number of benzene rings is 8. The van der Waals surface area contributed by atoms with Crippen LogP contribution in [-0.2, 0) is 0 Å². The van der Waals surface area contributed by atoms with Gasteiger partial charge in [0.05, 0.1) is 45.4 Å². The third-order valence-corrected chi connectivity index (χ3v) is 10.8. The molecule has 0 unspecified atom stereocenters. The predicted molar refractivity (Wildman–Crippen MR) is 221 cm³/mol. The van der Waals surface area contributed by atoms with Crippen molar-refractivity contribution in [2.24, 2.45) is 0 Å². The molecule has 11 rings (SSSR count).